The number of aryl methyl sites for hydroxylation is 1. The molecule has 2 heterocycles. The van der Waals surface area contributed by atoms with E-state index in [1.54, 1.807) is 42.1 Å². The molecule has 5 nitrogen and oxygen atoms in total. The van der Waals surface area contributed by atoms with Crippen molar-refractivity contribution in [3.05, 3.63) is 70.2 Å². The van der Waals surface area contributed by atoms with Gasteiger partial charge in [-0.3, -0.25) is 9.59 Å². The van der Waals surface area contributed by atoms with Crippen molar-refractivity contribution < 1.29 is 14.0 Å². The molecule has 1 N–H and O–H groups in total. The van der Waals surface area contributed by atoms with Crippen LogP contribution in [0.25, 0.3) is 5.69 Å². The summed E-state index contributed by atoms with van der Waals surface area (Å²) in [4.78, 5) is 28.5. The number of Topliss-reactive ketones (excluding diaryl/α,β-unsaturated/α-hetero) is 1. The minimum absolute atomic E-state index is 0.0405. The van der Waals surface area contributed by atoms with E-state index in [0.717, 1.165) is 0 Å². The molecule has 134 valence electrons. The van der Waals surface area contributed by atoms with E-state index in [1.165, 1.54) is 17.4 Å². The van der Waals surface area contributed by atoms with Crippen LogP contribution in [0.2, 0.25) is 0 Å². The monoisotopic (exact) mass is 371 g/mol. The lowest BCUT2D eigenvalue weighted by Gasteiger charge is -2.09. The molecule has 0 aliphatic rings. The minimum atomic E-state index is -0.384. The number of nitrogens with zero attached hydrogens (tertiary/aromatic N) is 2. The summed E-state index contributed by atoms with van der Waals surface area (Å²) in [5.41, 5.74) is 1.07. The molecule has 0 radical (unpaired) electrons. The van der Waals surface area contributed by atoms with Gasteiger partial charge in [0.15, 0.2) is 5.78 Å². The van der Waals surface area contributed by atoms with Crippen molar-refractivity contribution in [1.82, 2.24) is 14.9 Å². The maximum atomic E-state index is 14.3. The number of ketones is 1. The smallest absolute Gasteiger partial charge is 0.220 e. The zero-order valence-electron chi connectivity index (χ0n) is 14.2. The molecular formula is C19H18FN3O2S. The van der Waals surface area contributed by atoms with E-state index >= 15 is 0 Å². The van der Waals surface area contributed by atoms with Crippen LogP contribution in [0.5, 0.6) is 0 Å². The van der Waals surface area contributed by atoms with Gasteiger partial charge in [0.05, 0.1) is 10.6 Å². The molecule has 0 saturated carbocycles. The van der Waals surface area contributed by atoms with E-state index in [2.05, 4.69) is 10.3 Å². The van der Waals surface area contributed by atoms with E-state index in [9.17, 15) is 14.0 Å². The Balaban J connectivity index is 1.53. The van der Waals surface area contributed by atoms with Crippen molar-refractivity contribution in [2.24, 2.45) is 0 Å². The van der Waals surface area contributed by atoms with Crippen LogP contribution in [0.4, 0.5) is 4.39 Å². The van der Waals surface area contributed by atoms with Crippen LogP contribution in [0.15, 0.2) is 48.1 Å². The summed E-state index contributed by atoms with van der Waals surface area (Å²) in [5.74, 6) is 0.0391. The van der Waals surface area contributed by atoms with Crippen molar-refractivity contribution in [2.75, 3.05) is 0 Å². The van der Waals surface area contributed by atoms with Gasteiger partial charge in [0, 0.05) is 31.8 Å². The predicted molar refractivity (Wildman–Crippen MR) is 98.0 cm³/mol. The van der Waals surface area contributed by atoms with E-state index < -0.39 is 0 Å². The number of imidazole rings is 1. The lowest BCUT2D eigenvalue weighted by atomic mass is 10.1. The molecule has 0 aliphatic carbocycles. The molecule has 0 bridgehead atoms. The normalized spacial score (nSPS) is 10.7. The van der Waals surface area contributed by atoms with Gasteiger partial charge in [-0.15, -0.1) is 11.3 Å². The standard InChI is InChI=1S/C19H18FN3O2S/c1-13-21-8-9-23(13)16-5-4-14(11-15(16)20)12-22-19(25)7-6-17(24)18-3-2-10-26-18/h2-5,8-11H,6-7,12H2,1H3,(H,22,25). The molecule has 1 aromatic carbocycles. The third kappa shape index (κ3) is 4.23. The molecule has 1 amide bonds. The Bertz CT molecular complexity index is 919. The average molecular weight is 371 g/mol. The van der Waals surface area contributed by atoms with Crippen molar-refractivity contribution in [3.8, 4) is 5.69 Å². The summed E-state index contributed by atoms with van der Waals surface area (Å²) in [7, 11) is 0. The van der Waals surface area contributed by atoms with Crippen LogP contribution in [-0.2, 0) is 11.3 Å². The number of carbonyl (C=O) groups excluding carboxylic acids is 2. The fourth-order valence-corrected chi connectivity index (χ4v) is 3.26. The van der Waals surface area contributed by atoms with Crippen molar-refractivity contribution in [3.63, 3.8) is 0 Å². The van der Waals surface area contributed by atoms with Crippen molar-refractivity contribution in [2.45, 2.75) is 26.3 Å². The van der Waals surface area contributed by atoms with E-state index in [-0.39, 0.29) is 36.9 Å². The van der Waals surface area contributed by atoms with Gasteiger partial charge < -0.3 is 9.88 Å². The Hall–Kier alpha value is -2.80. The number of rotatable bonds is 7. The highest BCUT2D eigenvalue weighted by Crippen LogP contribution is 2.17. The second-order valence-electron chi connectivity index (χ2n) is 5.81. The Kier molecular flexibility index (Phi) is 5.58. The van der Waals surface area contributed by atoms with Gasteiger partial charge in [-0.2, -0.15) is 0 Å². The first kappa shape index (κ1) is 18.0. The molecular weight excluding hydrogens is 353 g/mol. The zero-order valence-corrected chi connectivity index (χ0v) is 15.1. The van der Waals surface area contributed by atoms with Gasteiger partial charge in [-0.1, -0.05) is 12.1 Å². The number of halogens is 1. The molecule has 0 saturated heterocycles. The van der Waals surface area contributed by atoms with E-state index in [4.69, 9.17) is 0 Å². The highest BCUT2D eigenvalue weighted by atomic mass is 32.1. The Morgan fingerprint density at radius 2 is 2.12 bits per heavy atom. The van der Waals surface area contributed by atoms with Crippen LogP contribution < -0.4 is 5.32 Å². The summed E-state index contributed by atoms with van der Waals surface area (Å²) in [6.07, 6.45) is 3.59. The molecule has 7 heteroatoms. The molecule has 0 spiro atoms. The van der Waals surface area contributed by atoms with Crippen molar-refractivity contribution >= 4 is 23.0 Å². The molecule has 0 unspecified atom stereocenters. The van der Waals surface area contributed by atoms with Crippen LogP contribution in [0.3, 0.4) is 0 Å². The third-order valence-electron chi connectivity index (χ3n) is 3.96. The first-order chi connectivity index (χ1) is 12.5. The Morgan fingerprint density at radius 3 is 2.77 bits per heavy atom. The number of hydrogen-bond donors (Lipinski definition) is 1. The fourth-order valence-electron chi connectivity index (χ4n) is 2.56. The number of nitrogens with one attached hydrogen (secondary N) is 1. The quantitative estimate of drug-likeness (QED) is 0.645. The third-order valence-corrected chi connectivity index (χ3v) is 4.87. The maximum Gasteiger partial charge on any atom is 0.220 e. The highest BCUT2D eigenvalue weighted by molar-refractivity contribution is 7.12. The summed E-state index contributed by atoms with van der Waals surface area (Å²) in [6.45, 7) is 2.01. The Morgan fingerprint density at radius 1 is 1.27 bits per heavy atom. The predicted octanol–water partition coefficient (Wildman–Crippen LogP) is 3.66. The highest BCUT2D eigenvalue weighted by Gasteiger charge is 2.11. The number of hydrogen-bond acceptors (Lipinski definition) is 4. The molecule has 3 aromatic rings. The maximum absolute atomic E-state index is 14.3. The second-order valence-corrected chi connectivity index (χ2v) is 6.76. The number of thiophene rings is 1. The fraction of sp³-hybridized carbons (Fsp3) is 0.211. The van der Waals surface area contributed by atoms with Gasteiger partial charge in [0.25, 0.3) is 0 Å². The van der Waals surface area contributed by atoms with E-state index in [1.807, 2.05) is 11.4 Å². The molecule has 0 fully saturated rings. The summed E-state index contributed by atoms with van der Waals surface area (Å²) in [5, 5.41) is 4.55. The molecule has 0 atom stereocenters. The number of benzene rings is 1. The lowest BCUT2D eigenvalue weighted by Crippen LogP contribution is -2.23. The first-order valence-corrected chi connectivity index (χ1v) is 9.04. The minimum Gasteiger partial charge on any atom is -0.352 e. The van der Waals surface area contributed by atoms with E-state index in [0.29, 0.717) is 22.0 Å². The molecule has 0 aliphatic heterocycles. The van der Waals surface area contributed by atoms with Crippen molar-refractivity contribution in [1.29, 1.82) is 0 Å². The first-order valence-electron chi connectivity index (χ1n) is 8.17. The molecule has 3 rings (SSSR count). The van der Waals surface area contributed by atoms with Crippen LogP contribution >= 0.6 is 11.3 Å². The number of carbonyl (C=O) groups is 2. The van der Waals surface area contributed by atoms with Gasteiger partial charge >= 0.3 is 0 Å². The summed E-state index contributed by atoms with van der Waals surface area (Å²) < 4.78 is 16.0. The SMILES string of the molecule is Cc1nccn1-c1ccc(CNC(=O)CCC(=O)c2cccs2)cc1F. The number of aromatic nitrogens is 2. The lowest BCUT2D eigenvalue weighted by molar-refractivity contribution is -0.121. The molecule has 26 heavy (non-hydrogen) atoms. The van der Waals surface area contributed by atoms with Gasteiger partial charge in [0.1, 0.15) is 11.6 Å². The summed E-state index contributed by atoms with van der Waals surface area (Å²) in [6, 6.07) is 8.37. The van der Waals surface area contributed by atoms with Gasteiger partial charge in [-0.25, -0.2) is 9.37 Å². The molecule has 2 aromatic heterocycles. The number of amides is 1. The summed E-state index contributed by atoms with van der Waals surface area (Å²) >= 11 is 1.37. The Labute approximate surface area is 154 Å². The van der Waals surface area contributed by atoms with Gasteiger partial charge in [-0.05, 0) is 36.1 Å². The zero-order chi connectivity index (χ0) is 18.5. The van der Waals surface area contributed by atoms with Crippen LogP contribution in [-0.4, -0.2) is 21.2 Å². The van der Waals surface area contributed by atoms with Gasteiger partial charge in [0.2, 0.25) is 5.91 Å². The van der Waals surface area contributed by atoms with Crippen LogP contribution in [0.1, 0.15) is 33.9 Å². The topological polar surface area (TPSA) is 64.0 Å². The van der Waals surface area contributed by atoms with Crippen LogP contribution in [0, 0.1) is 12.7 Å². The average Bonchev–Trinajstić information content (AvgIpc) is 3.30. The largest absolute Gasteiger partial charge is 0.352 e. The second kappa shape index (κ2) is 8.05.